The second kappa shape index (κ2) is 6.14. The molecule has 0 aliphatic heterocycles. The Morgan fingerprint density at radius 1 is 1.41 bits per heavy atom. The second-order valence-electron chi connectivity index (χ2n) is 3.94. The van der Waals surface area contributed by atoms with Gasteiger partial charge in [0, 0.05) is 29.6 Å². The number of carbonyl (C=O) groups is 1. The summed E-state index contributed by atoms with van der Waals surface area (Å²) < 4.78 is 0. The molecule has 2 unspecified atom stereocenters. The SMILES string of the molecule is CC(=O)SCC(O)C(O)c1ccc(C)nc1C. The van der Waals surface area contributed by atoms with Crippen LogP contribution in [0.5, 0.6) is 0 Å². The van der Waals surface area contributed by atoms with Gasteiger partial charge in [0.2, 0.25) is 0 Å². The second-order valence-corrected chi connectivity index (χ2v) is 5.14. The fourth-order valence-electron chi connectivity index (χ4n) is 1.51. The number of aryl methyl sites for hydroxylation is 2. The number of hydrogen-bond acceptors (Lipinski definition) is 5. The number of nitrogens with zero attached hydrogens (tertiary/aromatic N) is 1. The van der Waals surface area contributed by atoms with E-state index in [1.165, 1.54) is 6.92 Å². The highest BCUT2D eigenvalue weighted by Crippen LogP contribution is 2.22. The molecule has 17 heavy (non-hydrogen) atoms. The molecular formula is C12H17NO3S. The number of carbonyl (C=O) groups excluding carboxylic acids is 1. The van der Waals surface area contributed by atoms with Crippen molar-refractivity contribution in [3.63, 3.8) is 0 Å². The molecule has 1 heterocycles. The number of pyridine rings is 1. The molecule has 1 aromatic heterocycles. The van der Waals surface area contributed by atoms with Crippen LogP contribution in [0.3, 0.4) is 0 Å². The van der Waals surface area contributed by atoms with Gasteiger partial charge in [-0.15, -0.1) is 0 Å². The van der Waals surface area contributed by atoms with Crippen LogP contribution in [0.25, 0.3) is 0 Å². The summed E-state index contributed by atoms with van der Waals surface area (Å²) in [4.78, 5) is 15.0. The zero-order valence-corrected chi connectivity index (χ0v) is 11.0. The molecule has 2 atom stereocenters. The summed E-state index contributed by atoms with van der Waals surface area (Å²) in [6, 6.07) is 3.54. The average molecular weight is 255 g/mol. The molecule has 0 saturated carbocycles. The molecule has 4 nitrogen and oxygen atoms in total. The van der Waals surface area contributed by atoms with Gasteiger partial charge in [-0.25, -0.2) is 0 Å². The molecule has 0 aliphatic carbocycles. The molecule has 0 bridgehead atoms. The molecule has 1 rings (SSSR count). The van der Waals surface area contributed by atoms with Crippen LogP contribution < -0.4 is 0 Å². The highest BCUT2D eigenvalue weighted by Gasteiger charge is 2.21. The maximum absolute atomic E-state index is 10.8. The zero-order chi connectivity index (χ0) is 13.0. The number of thioether (sulfide) groups is 1. The van der Waals surface area contributed by atoms with Crippen molar-refractivity contribution in [2.45, 2.75) is 33.0 Å². The lowest BCUT2D eigenvalue weighted by Gasteiger charge is -2.18. The van der Waals surface area contributed by atoms with Crippen molar-refractivity contribution in [1.29, 1.82) is 0 Å². The van der Waals surface area contributed by atoms with E-state index in [1.807, 2.05) is 6.92 Å². The first kappa shape index (κ1) is 14.2. The van der Waals surface area contributed by atoms with E-state index < -0.39 is 12.2 Å². The number of hydrogen-bond donors (Lipinski definition) is 2. The Hall–Kier alpha value is -0.910. The largest absolute Gasteiger partial charge is 0.389 e. The van der Waals surface area contributed by atoms with Gasteiger partial charge in [-0.05, 0) is 19.9 Å². The first-order valence-electron chi connectivity index (χ1n) is 5.35. The maximum atomic E-state index is 10.8. The molecule has 0 spiro atoms. The Morgan fingerprint density at radius 2 is 2.06 bits per heavy atom. The van der Waals surface area contributed by atoms with Crippen molar-refractivity contribution in [2.24, 2.45) is 0 Å². The molecule has 94 valence electrons. The number of aliphatic hydroxyl groups is 2. The topological polar surface area (TPSA) is 70.4 Å². The summed E-state index contributed by atoms with van der Waals surface area (Å²) in [5.41, 5.74) is 2.17. The summed E-state index contributed by atoms with van der Waals surface area (Å²) in [5.74, 6) is 0.184. The third-order valence-corrected chi connectivity index (χ3v) is 3.32. The first-order valence-corrected chi connectivity index (χ1v) is 6.34. The van der Waals surface area contributed by atoms with Gasteiger partial charge in [0.05, 0.1) is 6.10 Å². The van der Waals surface area contributed by atoms with Crippen LogP contribution >= 0.6 is 11.8 Å². The highest BCUT2D eigenvalue weighted by atomic mass is 32.2. The summed E-state index contributed by atoms with van der Waals surface area (Å²) in [5, 5.41) is 19.6. The molecule has 0 aromatic carbocycles. The van der Waals surface area contributed by atoms with E-state index >= 15 is 0 Å². The predicted molar refractivity (Wildman–Crippen MR) is 67.8 cm³/mol. The Labute approximate surface area is 105 Å². The van der Waals surface area contributed by atoms with Crippen molar-refractivity contribution in [3.05, 3.63) is 29.1 Å². The predicted octanol–water partition coefficient (Wildman–Crippen LogP) is 1.37. The average Bonchev–Trinajstić information content (AvgIpc) is 2.25. The molecule has 0 saturated heterocycles. The van der Waals surface area contributed by atoms with Crippen LogP contribution in [0, 0.1) is 13.8 Å². The van der Waals surface area contributed by atoms with Gasteiger partial charge in [0.15, 0.2) is 5.12 Å². The van der Waals surface area contributed by atoms with Gasteiger partial charge in [0.25, 0.3) is 0 Å². The van der Waals surface area contributed by atoms with Crippen molar-refractivity contribution < 1.29 is 15.0 Å². The van der Waals surface area contributed by atoms with Crippen LogP contribution in [-0.4, -0.2) is 32.2 Å². The molecule has 0 amide bonds. The standard InChI is InChI=1S/C12H17NO3S/c1-7-4-5-10(8(2)13-7)12(16)11(15)6-17-9(3)14/h4-5,11-12,15-16H,6H2,1-3H3. The van der Waals surface area contributed by atoms with Crippen molar-refractivity contribution >= 4 is 16.9 Å². The zero-order valence-electron chi connectivity index (χ0n) is 10.2. The molecular weight excluding hydrogens is 238 g/mol. The number of aromatic nitrogens is 1. The summed E-state index contributed by atoms with van der Waals surface area (Å²) in [7, 11) is 0. The Balaban J connectivity index is 2.74. The Morgan fingerprint density at radius 3 is 2.59 bits per heavy atom. The van der Waals surface area contributed by atoms with E-state index in [1.54, 1.807) is 19.1 Å². The first-order chi connectivity index (χ1) is 7.91. The van der Waals surface area contributed by atoms with Gasteiger partial charge in [-0.3, -0.25) is 9.78 Å². The van der Waals surface area contributed by atoms with Crippen LogP contribution in [0.4, 0.5) is 0 Å². The van der Waals surface area contributed by atoms with Gasteiger partial charge < -0.3 is 10.2 Å². The lowest BCUT2D eigenvalue weighted by atomic mass is 10.0. The van der Waals surface area contributed by atoms with E-state index in [9.17, 15) is 15.0 Å². The van der Waals surface area contributed by atoms with Gasteiger partial charge in [0.1, 0.15) is 6.10 Å². The normalized spacial score (nSPS) is 14.4. The lowest BCUT2D eigenvalue weighted by molar-refractivity contribution is -0.109. The third-order valence-electron chi connectivity index (χ3n) is 2.41. The van der Waals surface area contributed by atoms with Gasteiger partial charge >= 0.3 is 0 Å². The Bertz CT molecular complexity index is 409. The molecule has 1 aromatic rings. The van der Waals surface area contributed by atoms with E-state index in [0.717, 1.165) is 17.5 Å². The lowest BCUT2D eigenvalue weighted by Crippen LogP contribution is -2.22. The number of aliphatic hydroxyl groups excluding tert-OH is 2. The van der Waals surface area contributed by atoms with Crippen molar-refractivity contribution in [1.82, 2.24) is 4.98 Å². The molecule has 0 radical (unpaired) electrons. The molecule has 0 aliphatic rings. The van der Waals surface area contributed by atoms with Crippen LogP contribution in [0.2, 0.25) is 0 Å². The van der Waals surface area contributed by atoms with Crippen LogP contribution in [-0.2, 0) is 4.79 Å². The van der Waals surface area contributed by atoms with Crippen LogP contribution in [0.1, 0.15) is 30.0 Å². The van der Waals surface area contributed by atoms with E-state index in [4.69, 9.17) is 0 Å². The minimum atomic E-state index is -1.00. The van der Waals surface area contributed by atoms with Crippen LogP contribution in [0.15, 0.2) is 12.1 Å². The molecule has 0 fully saturated rings. The fraction of sp³-hybridized carbons (Fsp3) is 0.500. The number of rotatable bonds is 4. The smallest absolute Gasteiger partial charge is 0.185 e. The quantitative estimate of drug-likeness (QED) is 0.850. The fourth-order valence-corrected chi connectivity index (χ4v) is 2.10. The molecule has 2 N–H and O–H groups in total. The van der Waals surface area contributed by atoms with Gasteiger partial charge in [-0.1, -0.05) is 17.8 Å². The van der Waals surface area contributed by atoms with Crippen molar-refractivity contribution in [2.75, 3.05) is 5.75 Å². The monoisotopic (exact) mass is 255 g/mol. The van der Waals surface area contributed by atoms with Gasteiger partial charge in [-0.2, -0.15) is 0 Å². The maximum Gasteiger partial charge on any atom is 0.185 e. The summed E-state index contributed by atoms with van der Waals surface area (Å²) >= 11 is 1.00. The van der Waals surface area contributed by atoms with E-state index in [2.05, 4.69) is 4.98 Å². The third kappa shape index (κ3) is 4.11. The minimum Gasteiger partial charge on any atom is -0.389 e. The molecule has 5 heteroatoms. The van der Waals surface area contributed by atoms with E-state index in [-0.39, 0.29) is 10.9 Å². The Kier molecular flexibility index (Phi) is 5.11. The summed E-state index contributed by atoms with van der Waals surface area (Å²) in [6.07, 6.45) is -1.97. The van der Waals surface area contributed by atoms with E-state index in [0.29, 0.717) is 11.3 Å². The summed E-state index contributed by atoms with van der Waals surface area (Å²) in [6.45, 7) is 5.09. The van der Waals surface area contributed by atoms with Crippen molar-refractivity contribution in [3.8, 4) is 0 Å². The highest BCUT2D eigenvalue weighted by molar-refractivity contribution is 8.13. The minimum absolute atomic E-state index is 0.0741.